The van der Waals surface area contributed by atoms with E-state index in [9.17, 15) is 8.78 Å². The van der Waals surface area contributed by atoms with Crippen LogP contribution in [0.5, 0.6) is 5.75 Å². The van der Waals surface area contributed by atoms with Gasteiger partial charge in [0.05, 0.1) is 5.52 Å². The van der Waals surface area contributed by atoms with Crippen LogP contribution in [0.2, 0.25) is 0 Å². The average molecular weight is 436 g/mol. The molecular weight excluding hydrogens is 414 g/mol. The quantitative estimate of drug-likeness (QED) is 0.509. The Balaban J connectivity index is 1.28. The van der Waals surface area contributed by atoms with Crippen molar-refractivity contribution in [2.75, 3.05) is 13.1 Å². The number of fused-ring (bicyclic) bond motifs is 1. The minimum Gasteiger partial charge on any atom is -0.490 e. The molecule has 3 heterocycles. The molecule has 0 unspecified atom stereocenters. The number of aryl methyl sites for hydroxylation is 1. The van der Waals surface area contributed by atoms with Gasteiger partial charge in [0, 0.05) is 47.9 Å². The molecule has 2 aromatic carbocycles. The lowest BCUT2D eigenvalue weighted by Gasteiger charge is -2.32. The average Bonchev–Trinajstić information content (AvgIpc) is 3.32. The van der Waals surface area contributed by atoms with Crippen LogP contribution < -0.4 is 4.74 Å². The third-order valence-electron chi connectivity index (χ3n) is 5.78. The number of nitrogens with one attached hydrogen (secondary N) is 1. The van der Waals surface area contributed by atoms with Gasteiger partial charge in [0.1, 0.15) is 23.5 Å². The number of aromatic nitrogens is 5. The number of piperidine rings is 1. The number of pyridine rings is 1. The minimum atomic E-state index is -0.315. The minimum absolute atomic E-state index is 0.00295. The Morgan fingerprint density at radius 2 is 1.97 bits per heavy atom. The number of benzene rings is 2. The zero-order valence-corrected chi connectivity index (χ0v) is 17.6. The molecule has 1 fully saturated rings. The Labute approximate surface area is 183 Å². The van der Waals surface area contributed by atoms with Crippen LogP contribution >= 0.6 is 0 Å². The summed E-state index contributed by atoms with van der Waals surface area (Å²) in [5.41, 5.74) is 2.73. The number of tetrazole rings is 1. The lowest BCUT2D eigenvalue weighted by molar-refractivity contribution is 0.0973. The molecule has 164 valence electrons. The summed E-state index contributed by atoms with van der Waals surface area (Å²) in [6.45, 7) is 3.85. The van der Waals surface area contributed by atoms with Crippen LogP contribution in [0.3, 0.4) is 0 Å². The van der Waals surface area contributed by atoms with Gasteiger partial charge in [-0.05, 0) is 49.2 Å². The lowest BCUT2D eigenvalue weighted by atomic mass is 10.0. The number of ether oxygens (including phenoxy) is 1. The number of hydrogen-bond acceptors (Lipinski definition) is 6. The van der Waals surface area contributed by atoms with Crippen molar-refractivity contribution in [2.45, 2.75) is 32.4 Å². The van der Waals surface area contributed by atoms with Gasteiger partial charge >= 0.3 is 0 Å². The molecule has 0 bridgehead atoms. The maximum atomic E-state index is 14.6. The van der Waals surface area contributed by atoms with Crippen molar-refractivity contribution < 1.29 is 13.5 Å². The van der Waals surface area contributed by atoms with Crippen molar-refractivity contribution in [1.82, 2.24) is 30.5 Å². The third kappa shape index (κ3) is 4.16. The van der Waals surface area contributed by atoms with Gasteiger partial charge in [-0.1, -0.05) is 12.1 Å². The van der Waals surface area contributed by atoms with Gasteiger partial charge in [0.2, 0.25) is 5.82 Å². The Hall–Kier alpha value is -3.46. The molecular formula is C23H22F2N6O. The summed E-state index contributed by atoms with van der Waals surface area (Å²) in [6, 6.07) is 11.3. The second-order valence-corrected chi connectivity index (χ2v) is 8.02. The smallest absolute Gasteiger partial charge is 0.205 e. The lowest BCUT2D eigenvalue weighted by Crippen LogP contribution is -2.38. The Kier molecular flexibility index (Phi) is 5.48. The highest BCUT2D eigenvalue weighted by Crippen LogP contribution is 2.30. The Morgan fingerprint density at radius 3 is 2.75 bits per heavy atom. The highest BCUT2D eigenvalue weighted by Gasteiger charge is 2.24. The fraction of sp³-hybridized carbons (Fsp3) is 0.304. The molecule has 32 heavy (non-hydrogen) atoms. The monoisotopic (exact) mass is 436 g/mol. The number of likely N-dealkylation sites (tertiary alicyclic amines) is 1. The number of rotatable bonds is 5. The van der Waals surface area contributed by atoms with Gasteiger partial charge in [-0.25, -0.2) is 8.78 Å². The molecule has 2 aromatic heterocycles. The summed E-state index contributed by atoms with van der Waals surface area (Å²) in [6.07, 6.45) is 1.56. The molecule has 5 rings (SSSR count). The van der Waals surface area contributed by atoms with E-state index in [1.807, 2.05) is 13.0 Å². The molecule has 1 N–H and O–H groups in total. The van der Waals surface area contributed by atoms with Gasteiger partial charge in [-0.2, -0.15) is 5.21 Å². The summed E-state index contributed by atoms with van der Waals surface area (Å²) in [4.78, 5) is 6.65. The largest absolute Gasteiger partial charge is 0.490 e. The van der Waals surface area contributed by atoms with Gasteiger partial charge < -0.3 is 4.74 Å². The van der Waals surface area contributed by atoms with Crippen molar-refractivity contribution in [1.29, 1.82) is 0 Å². The predicted molar refractivity (Wildman–Crippen MR) is 115 cm³/mol. The molecule has 1 aliphatic rings. The first-order valence-electron chi connectivity index (χ1n) is 10.5. The van der Waals surface area contributed by atoms with Crippen molar-refractivity contribution >= 4 is 10.9 Å². The summed E-state index contributed by atoms with van der Waals surface area (Å²) in [5, 5.41) is 14.7. The van der Waals surface area contributed by atoms with E-state index in [0.29, 0.717) is 40.1 Å². The molecule has 0 aliphatic carbocycles. The molecule has 0 atom stereocenters. The van der Waals surface area contributed by atoms with E-state index in [4.69, 9.17) is 4.74 Å². The summed E-state index contributed by atoms with van der Waals surface area (Å²) in [7, 11) is 0. The summed E-state index contributed by atoms with van der Waals surface area (Å²) in [5.74, 6) is 0.431. The van der Waals surface area contributed by atoms with Gasteiger partial charge in [0.15, 0.2) is 0 Å². The van der Waals surface area contributed by atoms with Crippen molar-refractivity contribution in [3.8, 4) is 17.1 Å². The van der Waals surface area contributed by atoms with E-state index in [1.54, 1.807) is 18.2 Å². The molecule has 1 aliphatic heterocycles. The maximum Gasteiger partial charge on any atom is 0.205 e. The van der Waals surface area contributed by atoms with E-state index in [0.717, 1.165) is 31.6 Å². The van der Waals surface area contributed by atoms with Crippen LogP contribution in [0.1, 0.15) is 24.1 Å². The molecule has 0 spiro atoms. The van der Waals surface area contributed by atoms with Crippen molar-refractivity contribution in [3.05, 3.63) is 65.4 Å². The van der Waals surface area contributed by atoms with Crippen LogP contribution in [-0.2, 0) is 6.54 Å². The van der Waals surface area contributed by atoms with E-state index in [1.165, 1.54) is 18.2 Å². The van der Waals surface area contributed by atoms with E-state index in [-0.39, 0.29) is 17.7 Å². The van der Waals surface area contributed by atoms with E-state index >= 15 is 0 Å². The maximum absolute atomic E-state index is 14.6. The zero-order valence-electron chi connectivity index (χ0n) is 17.6. The topological polar surface area (TPSA) is 79.8 Å². The number of hydrogen-bond donors (Lipinski definition) is 1. The number of halogens is 2. The molecule has 7 nitrogen and oxygen atoms in total. The van der Waals surface area contributed by atoms with E-state index in [2.05, 4.69) is 30.5 Å². The first-order valence-corrected chi connectivity index (χ1v) is 10.5. The molecule has 0 amide bonds. The zero-order chi connectivity index (χ0) is 22.1. The SMILES string of the molecule is Cc1cc(OC2CCN(Cc3c(F)cccc3-c3nn[nH]n3)CC2)c2cc(F)ccc2n1. The molecule has 0 saturated carbocycles. The molecule has 4 aromatic rings. The summed E-state index contributed by atoms with van der Waals surface area (Å²) >= 11 is 0. The highest BCUT2D eigenvalue weighted by molar-refractivity contribution is 5.85. The molecule has 1 saturated heterocycles. The van der Waals surface area contributed by atoms with Crippen molar-refractivity contribution in [3.63, 3.8) is 0 Å². The Bertz CT molecular complexity index is 1240. The van der Waals surface area contributed by atoms with Crippen LogP contribution in [0.4, 0.5) is 8.78 Å². The van der Waals surface area contributed by atoms with Crippen LogP contribution in [0.25, 0.3) is 22.3 Å². The van der Waals surface area contributed by atoms with E-state index < -0.39 is 0 Å². The molecule has 0 radical (unpaired) electrons. The molecule has 9 heteroatoms. The van der Waals surface area contributed by atoms with Crippen LogP contribution in [0, 0.1) is 18.6 Å². The standard InChI is InChI=1S/C23H22F2N6O/c1-14-11-22(18-12-15(24)5-6-21(18)26-14)32-16-7-9-31(10-8-16)13-19-17(3-2-4-20(19)25)23-27-29-30-28-23/h2-6,11-12,16H,7-10,13H2,1H3,(H,27,28,29,30). The van der Waals surface area contributed by atoms with Gasteiger partial charge in [0.25, 0.3) is 0 Å². The fourth-order valence-corrected chi connectivity index (χ4v) is 4.18. The van der Waals surface area contributed by atoms with Crippen LogP contribution in [0.15, 0.2) is 42.5 Å². The van der Waals surface area contributed by atoms with Gasteiger partial charge in [-0.15, -0.1) is 10.2 Å². The first kappa shape index (κ1) is 20.4. The fourth-order valence-electron chi connectivity index (χ4n) is 4.18. The summed E-state index contributed by atoms with van der Waals surface area (Å²) < 4.78 is 34.7. The second-order valence-electron chi connectivity index (χ2n) is 8.02. The first-order chi connectivity index (χ1) is 15.6. The number of H-pyrrole nitrogens is 1. The third-order valence-corrected chi connectivity index (χ3v) is 5.78. The predicted octanol–water partition coefficient (Wildman–Crippen LogP) is 4.04. The van der Waals surface area contributed by atoms with Crippen molar-refractivity contribution in [2.24, 2.45) is 0 Å². The number of nitrogens with zero attached hydrogens (tertiary/aromatic N) is 5. The van der Waals surface area contributed by atoms with Gasteiger partial charge in [-0.3, -0.25) is 9.88 Å². The Morgan fingerprint density at radius 1 is 1.12 bits per heavy atom. The normalized spacial score (nSPS) is 15.3. The van der Waals surface area contributed by atoms with Crippen LogP contribution in [-0.4, -0.2) is 49.7 Å². The highest BCUT2D eigenvalue weighted by atomic mass is 19.1. The second kappa shape index (κ2) is 8.58. The number of aromatic amines is 1.